The predicted molar refractivity (Wildman–Crippen MR) is 110 cm³/mol. The van der Waals surface area contributed by atoms with Gasteiger partial charge >= 0.3 is 0 Å². The highest BCUT2D eigenvalue weighted by atomic mass is 32.1. The van der Waals surface area contributed by atoms with Crippen molar-refractivity contribution in [3.63, 3.8) is 0 Å². The number of benzene rings is 1. The van der Waals surface area contributed by atoms with Crippen LogP contribution in [0, 0.1) is 0 Å². The van der Waals surface area contributed by atoms with Crippen LogP contribution in [0.3, 0.4) is 0 Å². The number of hydrogen-bond donors (Lipinski definition) is 2. The molecule has 6 heteroatoms. The molecule has 0 aliphatic heterocycles. The minimum atomic E-state index is -0.267. The Hall–Kier alpha value is -2.44. The van der Waals surface area contributed by atoms with Crippen LogP contribution < -0.4 is 5.32 Å². The molecule has 1 aliphatic carbocycles. The third-order valence-corrected chi connectivity index (χ3v) is 6.32. The van der Waals surface area contributed by atoms with Crippen LogP contribution in [-0.4, -0.2) is 31.6 Å². The lowest BCUT2D eigenvalue weighted by molar-refractivity contribution is 0.116. The Bertz CT molecular complexity index is 1090. The van der Waals surface area contributed by atoms with E-state index in [9.17, 15) is 5.11 Å². The second-order valence-electron chi connectivity index (χ2n) is 7.28. The third-order valence-electron chi connectivity index (χ3n) is 5.37. The van der Waals surface area contributed by atoms with Crippen molar-refractivity contribution in [2.75, 3.05) is 5.32 Å². The summed E-state index contributed by atoms with van der Waals surface area (Å²) in [7, 11) is 0. The smallest absolute Gasteiger partial charge is 0.184 e. The first kappa shape index (κ1) is 16.7. The Morgan fingerprint density at radius 3 is 3.04 bits per heavy atom. The summed E-state index contributed by atoms with van der Waals surface area (Å²) in [4.78, 5) is 9.18. The van der Waals surface area contributed by atoms with E-state index in [0.717, 1.165) is 42.0 Å². The lowest BCUT2D eigenvalue weighted by atomic mass is 9.93. The highest BCUT2D eigenvalue weighted by Crippen LogP contribution is 2.30. The van der Waals surface area contributed by atoms with E-state index < -0.39 is 0 Å². The van der Waals surface area contributed by atoms with Crippen molar-refractivity contribution < 1.29 is 5.11 Å². The van der Waals surface area contributed by atoms with Crippen LogP contribution in [0.2, 0.25) is 0 Å². The number of nitrogens with one attached hydrogen (secondary N) is 1. The van der Waals surface area contributed by atoms with E-state index in [1.165, 1.54) is 22.4 Å². The van der Waals surface area contributed by atoms with Crippen molar-refractivity contribution in [2.24, 2.45) is 0 Å². The molecule has 1 aromatic carbocycles. The third kappa shape index (κ3) is 3.31. The number of pyridine rings is 1. The molecule has 0 radical (unpaired) electrons. The number of fused-ring (bicyclic) bond motifs is 2. The molecule has 1 saturated carbocycles. The maximum absolute atomic E-state index is 10.2. The van der Waals surface area contributed by atoms with Gasteiger partial charge in [0.05, 0.1) is 22.4 Å². The molecule has 0 amide bonds. The van der Waals surface area contributed by atoms with Gasteiger partial charge in [0, 0.05) is 24.5 Å². The summed E-state index contributed by atoms with van der Waals surface area (Å²) >= 11 is 1.67. The first-order chi connectivity index (χ1) is 13.3. The van der Waals surface area contributed by atoms with E-state index >= 15 is 0 Å². The van der Waals surface area contributed by atoms with Gasteiger partial charge in [-0.25, -0.2) is 9.97 Å². The summed E-state index contributed by atoms with van der Waals surface area (Å²) in [6.45, 7) is 0. The highest BCUT2D eigenvalue weighted by molar-refractivity contribution is 7.22. The van der Waals surface area contributed by atoms with Gasteiger partial charge in [0.15, 0.2) is 5.13 Å². The zero-order valence-corrected chi connectivity index (χ0v) is 15.8. The second kappa shape index (κ2) is 6.94. The topological polar surface area (TPSA) is 62.5 Å². The molecule has 138 valence electrons. The second-order valence-corrected chi connectivity index (χ2v) is 8.31. The molecule has 3 heterocycles. The number of anilines is 1. The van der Waals surface area contributed by atoms with Crippen molar-refractivity contribution in [1.82, 2.24) is 14.4 Å². The maximum atomic E-state index is 10.2. The summed E-state index contributed by atoms with van der Waals surface area (Å²) in [6.07, 6.45) is 8.75. The van der Waals surface area contributed by atoms with Crippen LogP contribution in [0.15, 0.2) is 48.8 Å². The van der Waals surface area contributed by atoms with Crippen molar-refractivity contribution >= 4 is 32.3 Å². The Morgan fingerprint density at radius 2 is 2.11 bits per heavy atom. The number of aliphatic hydroxyl groups excluding tert-OH is 1. The molecule has 5 rings (SSSR count). The number of imidazole rings is 1. The molecular formula is C21H22N4OS. The summed E-state index contributed by atoms with van der Waals surface area (Å²) in [5, 5.41) is 14.5. The Kier molecular flexibility index (Phi) is 4.30. The average molecular weight is 379 g/mol. The van der Waals surface area contributed by atoms with Crippen LogP contribution in [-0.2, 0) is 6.42 Å². The van der Waals surface area contributed by atoms with Gasteiger partial charge in [-0.2, -0.15) is 0 Å². The standard InChI is InChI=1S/C21H22N4OS/c26-18-6-2-1-5-16(18)23-21-24-17-9-8-14(12-19(17)27-21)11-15-13-22-20-7-3-4-10-25(15)20/h3-4,7-10,12-13,16,18,26H,1-2,5-6,11H2,(H,23,24). The number of thiazole rings is 1. The molecular weight excluding hydrogens is 356 g/mol. The van der Waals surface area contributed by atoms with Crippen LogP contribution in [0.1, 0.15) is 36.9 Å². The predicted octanol–water partition coefficient (Wildman–Crippen LogP) is 4.25. The molecule has 1 aliphatic rings. The molecule has 2 unspecified atom stereocenters. The van der Waals surface area contributed by atoms with Crippen LogP contribution >= 0.6 is 11.3 Å². The lowest BCUT2D eigenvalue weighted by Gasteiger charge is -2.27. The quantitative estimate of drug-likeness (QED) is 0.557. The highest BCUT2D eigenvalue weighted by Gasteiger charge is 2.23. The molecule has 5 nitrogen and oxygen atoms in total. The molecule has 0 spiro atoms. The van der Waals surface area contributed by atoms with E-state index in [1.54, 1.807) is 11.3 Å². The zero-order valence-electron chi connectivity index (χ0n) is 15.0. The fourth-order valence-corrected chi connectivity index (χ4v) is 4.90. The van der Waals surface area contributed by atoms with E-state index in [4.69, 9.17) is 4.98 Å². The molecule has 0 saturated heterocycles. The Balaban J connectivity index is 1.39. The average Bonchev–Trinajstić information content (AvgIpc) is 3.27. The van der Waals surface area contributed by atoms with Gasteiger partial charge in [0.2, 0.25) is 0 Å². The fraction of sp³-hybridized carbons (Fsp3) is 0.333. The molecule has 4 aromatic rings. The van der Waals surface area contributed by atoms with Crippen LogP contribution in [0.4, 0.5) is 5.13 Å². The number of rotatable bonds is 4. The van der Waals surface area contributed by atoms with Gasteiger partial charge in [-0.05, 0) is 42.7 Å². The van der Waals surface area contributed by atoms with E-state index in [2.05, 4.69) is 39.1 Å². The fourth-order valence-electron chi connectivity index (χ4n) is 3.90. The van der Waals surface area contributed by atoms with Gasteiger partial charge in [0.25, 0.3) is 0 Å². The summed E-state index contributed by atoms with van der Waals surface area (Å²) in [6, 6.07) is 12.6. The van der Waals surface area contributed by atoms with Crippen molar-refractivity contribution in [1.29, 1.82) is 0 Å². The van der Waals surface area contributed by atoms with Gasteiger partial charge in [0.1, 0.15) is 5.65 Å². The van der Waals surface area contributed by atoms with Gasteiger partial charge in [-0.15, -0.1) is 0 Å². The largest absolute Gasteiger partial charge is 0.391 e. The summed E-state index contributed by atoms with van der Waals surface area (Å²) < 4.78 is 3.31. The van der Waals surface area contributed by atoms with E-state index in [-0.39, 0.29) is 12.1 Å². The minimum Gasteiger partial charge on any atom is -0.391 e. The lowest BCUT2D eigenvalue weighted by Crippen LogP contribution is -2.36. The number of aromatic nitrogens is 3. The van der Waals surface area contributed by atoms with Crippen molar-refractivity contribution in [3.05, 3.63) is 60.0 Å². The molecule has 1 fully saturated rings. The van der Waals surface area contributed by atoms with Gasteiger partial charge < -0.3 is 14.8 Å². The molecule has 27 heavy (non-hydrogen) atoms. The normalized spacial score (nSPS) is 20.3. The molecule has 2 atom stereocenters. The van der Waals surface area contributed by atoms with Crippen molar-refractivity contribution in [3.8, 4) is 0 Å². The van der Waals surface area contributed by atoms with Gasteiger partial charge in [-0.3, -0.25) is 0 Å². The Morgan fingerprint density at radius 1 is 1.19 bits per heavy atom. The number of aliphatic hydroxyl groups is 1. The SMILES string of the molecule is OC1CCCCC1Nc1nc2ccc(Cc3cnc4ccccn34)cc2s1. The molecule has 0 bridgehead atoms. The maximum Gasteiger partial charge on any atom is 0.184 e. The minimum absolute atomic E-state index is 0.122. The summed E-state index contributed by atoms with van der Waals surface area (Å²) in [5.41, 5.74) is 4.41. The number of hydrogen-bond acceptors (Lipinski definition) is 5. The van der Waals surface area contributed by atoms with Gasteiger partial charge in [-0.1, -0.05) is 36.3 Å². The first-order valence-electron chi connectivity index (χ1n) is 9.51. The van der Waals surface area contributed by atoms with Crippen molar-refractivity contribution in [2.45, 2.75) is 44.2 Å². The van der Waals surface area contributed by atoms with E-state index in [0.29, 0.717) is 0 Å². The Labute approximate surface area is 161 Å². The zero-order chi connectivity index (χ0) is 18.2. The molecule has 3 aromatic heterocycles. The summed E-state index contributed by atoms with van der Waals surface area (Å²) in [5.74, 6) is 0. The van der Waals surface area contributed by atoms with Crippen LogP contribution in [0.25, 0.3) is 15.9 Å². The number of nitrogens with zero attached hydrogens (tertiary/aromatic N) is 3. The first-order valence-corrected chi connectivity index (χ1v) is 10.3. The molecule has 2 N–H and O–H groups in total. The monoisotopic (exact) mass is 378 g/mol. The van der Waals surface area contributed by atoms with Crippen LogP contribution in [0.5, 0.6) is 0 Å². The van der Waals surface area contributed by atoms with E-state index in [1.807, 2.05) is 24.4 Å².